The number of hydrogen-bond donors (Lipinski definition) is 3. The normalized spacial score (nSPS) is 11.9. The number of rotatable bonds is 4. The molecule has 0 heterocycles. The number of anilines is 1. The van der Waals surface area contributed by atoms with Gasteiger partial charge in [0.15, 0.2) is 11.6 Å². The Kier molecular flexibility index (Phi) is 4.23. The van der Waals surface area contributed by atoms with Crippen LogP contribution < -0.4 is 5.32 Å². The first kappa shape index (κ1) is 12.4. The largest absolute Gasteiger partial charge is 0.394 e. The van der Waals surface area contributed by atoms with E-state index in [9.17, 15) is 8.78 Å². The summed E-state index contributed by atoms with van der Waals surface area (Å²) >= 11 is 0. The number of aliphatic hydroxyl groups excluding tert-OH is 2. The average molecular weight is 227 g/mol. The van der Waals surface area contributed by atoms with Crippen molar-refractivity contribution >= 4 is 5.69 Å². The van der Waals surface area contributed by atoms with E-state index in [1.54, 1.807) is 0 Å². The highest BCUT2D eigenvalue weighted by molar-refractivity contribution is 5.58. The van der Waals surface area contributed by atoms with Crippen LogP contribution in [0.15, 0.2) is 12.1 Å². The Morgan fingerprint density at radius 3 is 2.56 bits per heavy atom. The number of nitrogens with one attached hydrogen (secondary N) is 1. The molecule has 1 aromatic carbocycles. The first-order valence-corrected chi connectivity index (χ1v) is 4.57. The summed E-state index contributed by atoms with van der Waals surface area (Å²) in [5.41, 5.74) is 0.359. The average Bonchev–Trinajstić information content (AvgIpc) is 2.29. The van der Waals surface area contributed by atoms with Crippen molar-refractivity contribution in [1.82, 2.24) is 0 Å². The summed E-state index contributed by atoms with van der Waals surface area (Å²) in [4.78, 5) is 0. The van der Waals surface area contributed by atoms with Crippen molar-refractivity contribution in [1.29, 1.82) is 0 Å². The van der Waals surface area contributed by atoms with E-state index in [0.29, 0.717) is 0 Å². The Morgan fingerprint density at radius 2 is 2.00 bits per heavy atom. The van der Waals surface area contributed by atoms with Crippen molar-refractivity contribution < 1.29 is 19.0 Å². The van der Waals surface area contributed by atoms with Crippen LogP contribution in [-0.4, -0.2) is 29.5 Å². The van der Waals surface area contributed by atoms with Crippen LogP contribution in [0.2, 0.25) is 0 Å². The number of aliphatic hydroxyl groups is 2. The maximum Gasteiger partial charge on any atom is 0.160 e. The zero-order valence-corrected chi connectivity index (χ0v) is 8.37. The van der Waals surface area contributed by atoms with Gasteiger partial charge in [-0.25, -0.2) is 8.78 Å². The van der Waals surface area contributed by atoms with E-state index in [1.165, 1.54) is 0 Å². The minimum Gasteiger partial charge on any atom is -0.394 e. The van der Waals surface area contributed by atoms with E-state index >= 15 is 0 Å². The van der Waals surface area contributed by atoms with Crippen LogP contribution in [0.3, 0.4) is 0 Å². The first-order valence-electron chi connectivity index (χ1n) is 4.57. The van der Waals surface area contributed by atoms with E-state index in [2.05, 4.69) is 11.2 Å². The van der Waals surface area contributed by atoms with Crippen LogP contribution in [-0.2, 0) is 0 Å². The van der Waals surface area contributed by atoms with Crippen molar-refractivity contribution in [3.8, 4) is 12.3 Å². The zero-order chi connectivity index (χ0) is 12.1. The van der Waals surface area contributed by atoms with Gasteiger partial charge in [0.25, 0.3) is 0 Å². The maximum absolute atomic E-state index is 12.9. The Hall–Kier alpha value is -1.64. The molecule has 0 aliphatic heterocycles. The lowest BCUT2D eigenvalue weighted by Gasteiger charge is -2.12. The van der Waals surface area contributed by atoms with Gasteiger partial charge in [-0.05, 0) is 6.07 Å². The number of hydrogen-bond acceptors (Lipinski definition) is 3. The fourth-order valence-electron chi connectivity index (χ4n) is 1.10. The third kappa shape index (κ3) is 2.92. The highest BCUT2D eigenvalue weighted by Crippen LogP contribution is 2.19. The van der Waals surface area contributed by atoms with Gasteiger partial charge in [-0.2, -0.15) is 0 Å². The molecule has 1 aromatic rings. The zero-order valence-electron chi connectivity index (χ0n) is 8.37. The fraction of sp³-hybridized carbons (Fsp3) is 0.273. The third-order valence-electron chi connectivity index (χ3n) is 1.95. The van der Waals surface area contributed by atoms with Gasteiger partial charge in [-0.3, -0.25) is 0 Å². The molecule has 0 aliphatic carbocycles. The minimum atomic E-state index is -1.03. The molecule has 0 aliphatic rings. The van der Waals surface area contributed by atoms with Gasteiger partial charge >= 0.3 is 0 Å². The standard InChI is InChI=1S/C11H11F2NO2/c1-2-7-3-9(12)10(13)4-11(7)14-5-8(16)6-15/h1,3-4,8,14-16H,5-6H2. The molecule has 0 bridgehead atoms. The summed E-state index contributed by atoms with van der Waals surface area (Å²) in [6, 6.07) is 1.80. The molecule has 3 N–H and O–H groups in total. The summed E-state index contributed by atoms with van der Waals surface area (Å²) in [6.07, 6.45) is 4.13. The highest BCUT2D eigenvalue weighted by atomic mass is 19.2. The Bertz CT molecular complexity index is 415. The van der Waals surface area contributed by atoms with Crippen LogP contribution in [0.25, 0.3) is 0 Å². The summed E-state index contributed by atoms with van der Waals surface area (Å²) in [5, 5.41) is 20.3. The molecule has 1 atom stereocenters. The molecular weight excluding hydrogens is 216 g/mol. The molecule has 0 saturated carbocycles. The van der Waals surface area contributed by atoms with Gasteiger partial charge in [0.1, 0.15) is 0 Å². The van der Waals surface area contributed by atoms with Crippen molar-refractivity contribution in [2.45, 2.75) is 6.10 Å². The second kappa shape index (κ2) is 5.45. The monoisotopic (exact) mass is 227 g/mol. The topological polar surface area (TPSA) is 52.5 Å². The molecule has 0 saturated heterocycles. The van der Waals surface area contributed by atoms with Gasteiger partial charge < -0.3 is 15.5 Å². The van der Waals surface area contributed by atoms with Gasteiger partial charge in [-0.1, -0.05) is 5.92 Å². The summed E-state index contributed by atoms with van der Waals surface area (Å²) in [7, 11) is 0. The Balaban J connectivity index is 2.87. The smallest absolute Gasteiger partial charge is 0.160 e. The molecule has 16 heavy (non-hydrogen) atoms. The van der Waals surface area contributed by atoms with Crippen molar-refractivity contribution in [3.63, 3.8) is 0 Å². The van der Waals surface area contributed by atoms with Crippen molar-refractivity contribution in [2.75, 3.05) is 18.5 Å². The summed E-state index contributed by atoms with van der Waals surface area (Å²) in [5.74, 6) is 0.138. The molecule has 5 heteroatoms. The molecule has 0 amide bonds. The molecule has 0 aromatic heterocycles. The van der Waals surface area contributed by atoms with Crippen LogP contribution in [0.4, 0.5) is 14.5 Å². The molecule has 0 fully saturated rings. The van der Waals surface area contributed by atoms with Crippen LogP contribution in [0, 0.1) is 24.0 Å². The molecule has 86 valence electrons. The van der Waals surface area contributed by atoms with E-state index in [-0.39, 0.29) is 17.8 Å². The first-order chi connectivity index (χ1) is 7.58. The lowest BCUT2D eigenvalue weighted by molar-refractivity contribution is 0.105. The molecule has 0 radical (unpaired) electrons. The van der Waals surface area contributed by atoms with Gasteiger partial charge in [0.05, 0.1) is 24.0 Å². The maximum atomic E-state index is 12.9. The van der Waals surface area contributed by atoms with Gasteiger partial charge in [-0.15, -0.1) is 6.42 Å². The second-order valence-electron chi connectivity index (χ2n) is 3.17. The van der Waals surface area contributed by atoms with Gasteiger partial charge in [0.2, 0.25) is 0 Å². The summed E-state index contributed by atoms with van der Waals surface area (Å²) in [6.45, 7) is -0.432. The number of benzene rings is 1. The van der Waals surface area contributed by atoms with E-state index in [4.69, 9.17) is 16.6 Å². The van der Waals surface area contributed by atoms with E-state index < -0.39 is 24.3 Å². The minimum absolute atomic E-state index is 0.00372. The highest BCUT2D eigenvalue weighted by Gasteiger charge is 2.09. The SMILES string of the molecule is C#Cc1cc(F)c(F)cc1NCC(O)CO. The fourth-order valence-corrected chi connectivity index (χ4v) is 1.10. The van der Waals surface area contributed by atoms with E-state index in [1.807, 2.05) is 0 Å². The van der Waals surface area contributed by atoms with E-state index in [0.717, 1.165) is 12.1 Å². The molecular formula is C11H11F2NO2. The Labute approximate surface area is 91.7 Å². The molecule has 0 spiro atoms. The van der Waals surface area contributed by atoms with Crippen LogP contribution in [0.1, 0.15) is 5.56 Å². The van der Waals surface area contributed by atoms with Crippen LogP contribution >= 0.6 is 0 Å². The lowest BCUT2D eigenvalue weighted by atomic mass is 10.1. The van der Waals surface area contributed by atoms with Crippen LogP contribution in [0.5, 0.6) is 0 Å². The van der Waals surface area contributed by atoms with Crippen molar-refractivity contribution in [3.05, 3.63) is 29.3 Å². The number of halogens is 2. The Morgan fingerprint density at radius 1 is 1.38 bits per heavy atom. The molecule has 3 nitrogen and oxygen atoms in total. The quantitative estimate of drug-likeness (QED) is 0.664. The predicted molar refractivity (Wildman–Crippen MR) is 55.9 cm³/mol. The predicted octanol–water partition coefficient (Wildman–Crippen LogP) is 0.711. The molecule has 1 unspecified atom stereocenters. The third-order valence-corrected chi connectivity index (χ3v) is 1.95. The summed E-state index contributed by atoms with van der Waals surface area (Å²) < 4.78 is 25.7. The lowest BCUT2D eigenvalue weighted by Crippen LogP contribution is -2.23. The molecule has 1 rings (SSSR count). The van der Waals surface area contributed by atoms with Crippen molar-refractivity contribution in [2.24, 2.45) is 0 Å². The second-order valence-corrected chi connectivity index (χ2v) is 3.17. The van der Waals surface area contributed by atoms with Gasteiger partial charge in [0, 0.05) is 12.6 Å². The number of terminal acetylenes is 1.